The molecule has 0 aliphatic rings. The third-order valence-corrected chi connectivity index (χ3v) is 3.24. The largest absolute Gasteiger partial charge is 0.388 e. The molecule has 0 spiro atoms. The summed E-state index contributed by atoms with van der Waals surface area (Å²) in [6, 6.07) is 7.88. The molecule has 0 amide bonds. The molecule has 0 bridgehead atoms. The summed E-state index contributed by atoms with van der Waals surface area (Å²) in [5.74, 6) is 0.671. The van der Waals surface area contributed by atoms with Gasteiger partial charge in [-0.2, -0.15) is 0 Å². The fourth-order valence-electron chi connectivity index (χ4n) is 1.91. The van der Waals surface area contributed by atoms with Gasteiger partial charge in [0.05, 0.1) is 6.10 Å². The first-order chi connectivity index (χ1) is 7.99. The van der Waals surface area contributed by atoms with Gasteiger partial charge in [0.2, 0.25) is 0 Å². The SMILES string of the molecule is CC(C)CN(C)CCC(O)c1ccc(Br)cc1. The highest BCUT2D eigenvalue weighted by Gasteiger charge is 2.09. The number of halogens is 1. The zero-order chi connectivity index (χ0) is 12.8. The predicted molar refractivity (Wildman–Crippen MR) is 76.1 cm³/mol. The maximum absolute atomic E-state index is 10.1. The van der Waals surface area contributed by atoms with Crippen molar-refractivity contribution in [2.75, 3.05) is 20.1 Å². The van der Waals surface area contributed by atoms with E-state index in [-0.39, 0.29) is 6.10 Å². The molecule has 1 rings (SSSR count). The predicted octanol–water partition coefficient (Wildman–Crippen LogP) is 3.46. The minimum absolute atomic E-state index is 0.363. The van der Waals surface area contributed by atoms with E-state index in [1.807, 2.05) is 24.3 Å². The Morgan fingerprint density at radius 3 is 2.35 bits per heavy atom. The van der Waals surface area contributed by atoms with E-state index in [0.717, 1.165) is 29.5 Å². The maximum atomic E-state index is 10.1. The van der Waals surface area contributed by atoms with Crippen LogP contribution in [0.1, 0.15) is 31.9 Å². The van der Waals surface area contributed by atoms with Gasteiger partial charge in [-0.15, -0.1) is 0 Å². The van der Waals surface area contributed by atoms with Crippen LogP contribution in [0.2, 0.25) is 0 Å². The second-order valence-electron chi connectivity index (χ2n) is 5.01. The van der Waals surface area contributed by atoms with Crippen molar-refractivity contribution in [1.29, 1.82) is 0 Å². The molecule has 1 aromatic rings. The molecular formula is C14H22BrNO. The van der Waals surface area contributed by atoms with Gasteiger partial charge in [-0.25, -0.2) is 0 Å². The molecule has 3 heteroatoms. The van der Waals surface area contributed by atoms with Crippen LogP contribution < -0.4 is 0 Å². The highest BCUT2D eigenvalue weighted by molar-refractivity contribution is 9.10. The van der Waals surface area contributed by atoms with Crippen molar-refractivity contribution in [3.05, 3.63) is 34.3 Å². The summed E-state index contributed by atoms with van der Waals surface area (Å²) < 4.78 is 1.05. The number of aliphatic hydroxyl groups is 1. The van der Waals surface area contributed by atoms with Crippen LogP contribution in [0.5, 0.6) is 0 Å². The first-order valence-corrected chi connectivity index (χ1v) is 6.90. The Morgan fingerprint density at radius 1 is 1.24 bits per heavy atom. The van der Waals surface area contributed by atoms with Gasteiger partial charge in [-0.1, -0.05) is 41.9 Å². The second-order valence-corrected chi connectivity index (χ2v) is 5.93. The molecule has 0 fully saturated rings. The smallest absolute Gasteiger partial charge is 0.0802 e. The van der Waals surface area contributed by atoms with Crippen LogP contribution in [-0.4, -0.2) is 30.1 Å². The van der Waals surface area contributed by atoms with E-state index in [2.05, 4.69) is 41.7 Å². The second kappa shape index (κ2) is 7.14. The molecule has 0 aliphatic heterocycles. The van der Waals surface area contributed by atoms with E-state index >= 15 is 0 Å². The molecule has 1 atom stereocenters. The zero-order valence-electron chi connectivity index (χ0n) is 10.9. The summed E-state index contributed by atoms with van der Waals surface area (Å²) in [4.78, 5) is 2.27. The van der Waals surface area contributed by atoms with Gasteiger partial charge in [0.1, 0.15) is 0 Å². The van der Waals surface area contributed by atoms with Crippen molar-refractivity contribution in [1.82, 2.24) is 4.90 Å². The number of hydrogen-bond donors (Lipinski definition) is 1. The summed E-state index contributed by atoms with van der Waals surface area (Å²) in [7, 11) is 2.11. The highest BCUT2D eigenvalue weighted by atomic mass is 79.9. The van der Waals surface area contributed by atoms with Crippen LogP contribution in [0.3, 0.4) is 0 Å². The van der Waals surface area contributed by atoms with E-state index in [1.54, 1.807) is 0 Å². The molecule has 0 aliphatic carbocycles. The van der Waals surface area contributed by atoms with Crippen molar-refractivity contribution in [2.24, 2.45) is 5.92 Å². The van der Waals surface area contributed by atoms with Crippen LogP contribution in [0, 0.1) is 5.92 Å². The topological polar surface area (TPSA) is 23.5 Å². The number of benzene rings is 1. The summed E-state index contributed by atoms with van der Waals surface area (Å²) in [6.07, 6.45) is 0.419. The first-order valence-electron chi connectivity index (χ1n) is 6.11. The van der Waals surface area contributed by atoms with Crippen molar-refractivity contribution < 1.29 is 5.11 Å². The van der Waals surface area contributed by atoms with E-state index in [4.69, 9.17) is 0 Å². The molecule has 17 heavy (non-hydrogen) atoms. The Hall–Kier alpha value is -0.380. The lowest BCUT2D eigenvalue weighted by molar-refractivity contribution is 0.146. The fourth-order valence-corrected chi connectivity index (χ4v) is 2.17. The first kappa shape index (κ1) is 14.7. The lowest BCUT2D eigenvalue weighted by Crippen LogP contribution is -2.25. The van der Waals surface area contributed by atoms with Crippen LogP contribution in [0.15, 0.2) is 28.7 Å². The van der Waals surface area contributed by atoms with Crippen molar-refractivity contribution >= 4 is 15.9 Å². The van der Waals surface area contributed by atoms with Gasteiger partial charge in [0.15, 0.2) is 0 Å². The summed E-state index contributed by atoms with van der Waals surface area (Å²) in [6.45, 7) is 6.42. The third kappa shape index (κ3) is 5.66. The van der Waals surface area contributed by atoms with E-state index < -0.39 is 0 Å². The van der Waals surface area contributed by atoms with Gasteiger partial charge >= 0.3 is 0 Å². The minimum Gasteiger partial charge on any atom is -0.388 e. The van der Waals surface area contributed by atoms with Crippen molar-refractivity contribution in [3.63, 3.8) is 0 Å². The lowest BCUT2D eigenvalue weighted by Gasteiger charge is -2.20. The fraction of sp³-hybridized carbons (Fsp3) is 0.571. The van der Waals surface area contributed by atoms with E-state index in [0.29, 0.717) is 5.92 Å². The van der Waals surface area contributed by atoms with Crippen LogP contribution in [-0.2, 0) is 0 Å². The monoisotopic (exact) mass is 299 g/mol. The van der Waals surface area contributed by atoms with Gasteiger partial charge < -0.3 is 10.0 Å². The third-order valence-electron chi connectivity index (χ3n) is 2.72. The maximum Gasteiger partial charge on any atom is 0.0802 e. The normalized spacial score (nSPS) is 13.4. The Balaban J connectivity index is 2.39. The van der Waals surface area contributed by atoms with E-state index in [9.17, 15) is 5.11 Å². The molecular weight excluding hydrogens is 278 g/mol. The van der Waals surface area contributed by atoms with Gasteiger partial charge in [0, 0.05) is 17.6 Å². The standard InChI is InChI=1S/C14H22BrNO/c1-11(2)10-16(3)9-8-14(17)12-4-6-13(15)7-5-12/h4-7,11,14,17H,8-10H2,1-3H3. The Labute approximate surface area is 113 Å². The minimum atomic E-state index is -0.363. The van der Waals surface area contributed by atoms with Crippen LogP contribution in [0.4, 0.5) is 0 Å². The molecule has 0 heterocycles. The number of aliphatic hydroxyl groups excluding tert-OH is 1. The summed E-state index contributed by atoms with van der Waals surface area (Å²) in [5.41, 5.74) is 0.992. The molecule has 2 nitrogen and oxygen atoms in total. The molecule has 0 saturated heterocycles. The van der Waals surface area contributed by atoms with Crippen molar-refractivity contribution in [3.8, 4) is 0 Å². The molecule has 0 aromatic heterocycles. The Bertz CT molecular complexity index is 323. The quantitative estimate of drug-likeness (QED) is 0.869. The molecule has 96 valence electrons. The molecule has 0 saturated carbocycles. The van der Waals surface area contributed by atoms with Crippen LogP contribution in [0.25, 0.3) is 0 Å². The number of hydrogen-bond acceptors (Lipinski definition) is 2. The van der Waals surface area contributed by atoms with Gasteiger partial charge in [-0.05, 0) is 37.1 Å². The zero-order valence-corrected chi connectivity index (χ0v) is 12.4. The Kier molecular flexibility index (Phi) is 6.17. The molecule has 1 N–H and O–H groups in total. The van der Waals surface area contributed by atoms with Gasteiger partial charge in [0.25, 0.3) is 0 Å². The number of nitrogens with zero attached hydrogens (tertiary/aromatic N) is 1. The van der Waals surface area contributed by atoms with E-state index in [1.165, 1.54) is 0 Å². The highest BCUT2D eigenvalue weighted by Crippen LogP contribution is 2.19. The average Bonchev–Trinajstić information content (AvgIpc) is 2.26. The summed E-state index contributed by atoms with van der Waals surface area (Å²) >= 11 is 3.39. The molecule has 0 radical (unpaired) electrons. The Morgan fingerprint density at radius 2 is 1.82 bits per heavy atom. The average molecular weight is 300 g/mol. The molecule has 1 aromatic carbocycles. The van der Waals surface area contributed by atoms with Crippen LogP contribution >= 0.6 is 15.9 Å². The summed E-state index contributed by atoms with van der Waals surface area (Å²) in [5, 5.41) is 10.1. The van der Waals surface area contributed by atoms with Crippen molar-refractivity contribution in [2.45, 2.75) is 26.4 Å². The lowest BCUT2D eigenvalue weighted by atomic mass is 10.1. The number of rotatable bonds is 6. The molecule has 1 unspecified atom stereocenters. The van der Waals surface area contributed by atoms with Gasteiger partial charge in [-0.3, -0.25) is 0 Å².